The van der Waals surface area contributed by atoms with Crippen LogP contribution in [0.5, 0.6) is 11.5 Å². The quantitative estimate of drug-likeness (QED) is 0.490. The van der Waals surface area contributed by atoms with E-state index in [1.54, 1.807) is 40.0 Å². The number of rotatable bonds is 7. The number of carbonyl (C=O) groups is 2. The number of methoxy groups -OCH3 is 1. The van der Waals surface area contributed by atoms with E-state index in [1.165, 1.54) is 6.07 Å². The minimum Gasteiger partial charge on any atom is -0.497 e. The van der Waals surface area contributed by atoms with Crippen LogP contribution in [-0.2, 0) is 16.0 Å². The Labute approximate surface area is 206 Å². The van der Waals surface area contributed by atoms with E-state index in [0.717, 1.165) is 17.7 Å². The molecule has 3 N–H and O–H groups in total. The summed E-state index contributed by atoms with van der Waals surface area (Å²) < 4.78 is 60.7. The molecule has 1 fully saturated rings. The number of amides is 2. The van der Waals surface area contributed by atoms with Crippen molar-refractivity contribution < 1.29 is 36.6 Å². The zero-order valence-corrected chi connectivity index (χ0v) is 20.3. The van der Waals surface area contributed by atoms with E-state index in [2.05, 4.69) is 20.7 Å². The van der Waals surface area contributed by atoms with Gasteiger partial charge in [-0.1, -0.05) is 39.0 Å². The van der Waals surface area contributed by atoms with Gasteiger partial charge in [0.1, 0.15) is 5.75 Å². The fraction of sp³-hybridized carbons (Fsp3) is 0.440. The molecule has 3 atom stereocenters. The number of halogens is 4. The van der Waals surface area contributed by atoms with Gasteiger partial charge < -0.3 is 20.1 Å². The maximum atomic E-state index is 14.4. The second-order valence-corrected chi connectivity index (χ2v) is 9.64. The summed E-state index contributed by atoms with van der Waals surface area (Å²) in [4.78, 5) is 25.5. The van der Waals surface area contributed by atoms with Gasteiger partial charge in [-0.05, 0) is 40.8 Å². The molecule has 0 aromatic heterocycles. The van der Waals surface area contributed by atoms with Crippen LogP contribution in [0.2, 0.25) is 0 Å². The molecule has 36 heavy (non-hydrogen) atoms. The van der Waals surface area contributed by atoms with Gasteiger partial charge in [-0.15, -0.1) is 13.2 Å². The summed E-state index contributed by atoms with van der Waals surface area (Å²) in [6.45, 7) is 5.39. The molecule has 1 aliphatic heterocycles. The van der Waals surface area contributed by atoms with Gasteiger partial charge in [0.05, 0.1) is 31.8 Å². The Morgan fingerprint density at radius 3 is 2.36 bits per heavy atom. The summed E-state index contributed by atoms with van der Waals surface area (Å²) >= 11 is 0. The molecule has 2 amide bonds. The van der Waals surface area contributed by atoms with E-state index >= 15 is 0 Å². The van der Waals surface area contributed by atoms with E-state index in [1.807, 2.05) is 12.1 Å². The normalized spacial score (nSPS) is 19.3. The van der Waals surface area contributed by atoms with E-state index in [9.17, 15) is 27.2 Å². The van der Waals surface area contributed by atoms with Crippen molar-refractivity contribution in [3.63, 3.8) is 0 Å². The summed E-state index contributed by atoms with van der Waals surface area (Å²) in [7, 11) is 1.56. The average molecular weight is 512 g/mol. The lowest BCUT2D eigenvalue weighted by Crippen LogP contribution is -2.61. The van der Waals surface area contributed by atoms with Crippen LogP contribution in [0.1, 0.15) is 44.4 Å². The van der Waals surface area contributed by atoms with Crippen LogP contribution >= 0.6 is 0 Å². The molecular weight excluding hydrogens is 482 g/mol. The van der Waals surface area contributed by atoms with Gasteiger partial charge in [0, 0.05) is 6.42 Å². The van der Waals surface area contributed by atoms with Crippen LogP contribution in [0.15, 0.2) is 42.5 Å². The molecule has 1 aliphatic rings. The van der Waals surface area contributed by atoms with Crippen molar-refractivity contribution in [2.75, 3.05) is 7.11 Å². The standard InChI is InChI=1S/C25H29F4N3O4/c1-24(2,3)22(15-7-10-19(17(26)12-15)36-25(27,28)29)32-23(34)18-13-21(33)31-20(30-18)11-14-5-8-16(35-4)9-6-14/h5-10,12,18,20,22,30H,11,13H2,1-4H3,(H,31,33)(H,32,34)/t18?,20?,22-/m0/s1. The molecule has 0 bridgehead atoms. The van der Waals surface area contributed by atoms with Crippen molar-refractivity contribution in [3.05, 3.63) is 59.4 Å². The molecule has 2 aromatic carbocycles. The van der Waals surface area contributed by atoms with Gasteiger partial charge in [-0.2, -0.15) is 0 Å². The van der Waals surface area contributed by atoms with E-state index in [-0.39, 0.29) is 17.9 Å². The maximum Gasteiger partial charge on any atom is 0.573 e. The van der Waals surface area contributed by atoms with Crippen LogP contribution in [-0.4, -0.2) is 37.5 Å². The van der Waals surface area contributed by atoms with Gasteiger partial charge in [0.25, 0.3) is 0 Å². The van der Waals surface area contributed by atoms with Crippen LogP contribution in [0, 0.1) is 11.2 Å². The van der Waals surface area contributed by atoms with Gasteiger partial charge in [-0.25, -0.2) is 4.39 Å². The minimum atomic E-state index is -5.03. The monoisotopic (exact) mass is 511 g/mol. The summed E-state index contributed by atoms with van der Waals surface area (Å²) in [5, 5.41) is 8.76. The van der Waals surface area contributed by atoms with E-state index in [4.69, 9.17) is 4.74 Å². The molecule has 196 valence electrons. The molecule has 1 heterocycles. The Hall–Kier alpha value is -3.34. The van der Waals surface area contributed by atoms with Crippen LogP contribution < -0.4 is 25.4 Å². The third-order valence-electron chi connectivity index (χ3n) is 5.71. The fourth-order valence-corrected chi connectivity index (χ4v) is 4.00. The Balaban J connectivity index is 1.73. The first kappa shape index (κ1) is 27.3. The molecule has 2 unspecified atom stereocenters. The SMILES string of the molecule is COc1ccc(CC2NC(=O)CC(C(=O)N[C@@H](c3ccc(OC(F)(F)F)c(F)c3)C(C)(C)C)N2)cc1. The van der Waals surface area contributed by atoms with E-state index in [0.29, 0.717) is 12.2 Å². The molecule has 2 aromatic rings. The maximum absolute atomic E-state index is 14.4. The fourth-order valence-electron chi connectivity index (χ4n) is 4.00. The van der Waals surface area contributed by atoms with Gasteiger partial charge >= 0.3 is 6.36 Å². The highest BCUT2D eigenvalue weighted by Gasteiger charge is 2.36. The van der Waals surface area contributed by atoms with Crippen molar-refractivity contribution in [2.24, 2.45) is 5.41 Å². The Morgan fingerprint density at radius 2 is 1.81 bits per heavy atom. The second kappa shape index (κ2) is 10.7. The van der Waals surface area contributed by atoms with Gasteiger partial charge in [0.2, 0.25) is 11.8 Å². The van der Waals surface area contributed by atoms with Crippen LogP contribution in [0.4, 0.5) is 17.6 Å². The predicted octanol–water partition coefficient (Wildman–Crippen LogP) is 3.98. The number of carbonyl (C=O) groups excluding carboxylic acids is 2. The lowest BCUT2D eigenvalue weighted by Gasteiger charge is -2.36. The van der Waals surface area contributed by atoms with Crippen molar-refractivity contribution >= 4 is 11.8 Å². The summed E-state index contributed by atoms with van der Waals surface area (Å²) in [5.41, 5.74) is 0.547. The lowest BCUT2D eigenvalue weighted by molar-refractivity contribution is -0.275. The zero-order chi connectivity index (χ0) is 26.7. The van der Waals surface area contributed by atoms with Crippen molar-refractivity contribution in [1.82, 2.24) is 16.0 Å². The average Bonchev–Trinajstić information content (AvgIpc) is 2.77. The van der Waals surface area contributed by atoms with Crippen molar-refractivity contribution in [3.8, 4) is 11.5 Å². The zero-order valence-electron chi connectivity index (χ0n) is 20.3. The highest BCUT2D eigenvalue weighted by Crippen LogP contribution is 2.35. The molecular formula is C25H29F4N3O4. The number of alkyl halides is 3. The second-order valence-electron chi connectivity index (χ2n) is 9.64. The molecule has 0 aliphatic carbocycles. The van der Waals surface area contributed by atoms with Crippen molar-refractivity contribution in [1.29, 1.82) is 0 Å². The lowest BCUT2D eigenvalue weighted by atomic mass is 9.82. The first-order chi connectivity index (χ1) is 16.7. The topological polar surface area (TPSA) is 88.7 Å². The third kappa shape index (κ3) is 7.33. The first-order valence-corrected chi connectivity index (χ1v) is 11.3. The number of benzene rings is 2. The highest BCUT2D eigenvalue weighted by molar-refractivity contribution is 5.89. The molecule has 3 rings (SSSR count). The Morgan fingerprint density at radius 1 is 1.14 bits per heavy atom. The first-order valence-electron chi connectivity index (χ1n) is 11.3. The minimum absolute atomic E-state index is 0.103. The molecule has 0 radical (unpaired) electrons. The summed E-state index contributed by atoms with van der Waals surface area (Å²) in [5.74, 6) is -2.26. The molecule has 7 nitrogen and oxygen atoms in total. The molecule has 0 saturated carbocycles. The number of ether oxygens (including phenoxy) is 2. The predicted molar refractivity (Wildman–Crippen MR) is 124 cm³/mol. The number of hydrogen-bond acceptors (Lipinski definition) is 5. The molecule has 11 heteroatoms. The smallest absolute Gasteiger partial charge is 0.497 e. The summed E-state index contributed by atoms with van der Waals surface area (Å²) in [6.07, 6.45) is -5.21. The van der Waals surface area contributed by atoms with Crippen LogP contribution in [0.3, 0.4) is 0 Å². The Kier molecular flexibility index (Phi) is 8.12. The van der Waals surface area contributed by atoms with Crippen LogP contribution in [0.25, 0.3) is 0 Å². The molecule has 0 spiro atoms. The van der Waals surface area contributed by atoms with E-state index < -0.39 is 47.5 Å². The largest absolute Gasteiger partial charge is 0.573 e. The third-order valence-corrected chi connectivity index (χ3v) is 5.71. The van der Waals surface area contributed by atoms with Gasteiger partial charge in [-0.3, -0.25) is 14.9 Å². The summed E-state index contributed by atoms with van der Waals surface area (Å²) in [6, 6.07) is 8.73. The van der Waals surface area contributed by atoms with Crippen molar-refractivity contribution in [2.45, 2.75) is 58.2 Å². The highest BCUT2D eigenvalue weighted by atomic mass is 19.4. The Bertz CT molecular complexity index is 1080. The number of nitrogens with one attached hydrogen (secondary N) is 3. The van der Waals surface area contributed by atoms with Gasteiger partial charge in [0.15, 0.2) is 11.6 Å². The number of hydrogen-bond donors (Lipinski definition) is 3. The molecule has 1 saturated heterocycles.